The van der Waals surface area contributed by atoms with Crippen LogP contribution in [-0.2, 0) is 9.59 Å². The highest BCUT2D eigenvalue weighted by molar-refractivity contribution is 5.99. The van der Waals surface area contributed by atoms with E-state index in [0.29, 0.717) is 44.2 Å². The molecular weight excluding hydrogens is 358 g/mol. The van der Waals surface area contributed by atoms with E-state index in [2.05, 4.69) is 20.2 Å². The molecule has 0 bridgehead atoms. The number of anilines is 2. The summed E-state index contributed by atoms with van der Waals surface area (Å²) >= 11 is 0. The number of ether oxygens (including phenoxy) is 1. The van der Waals surface area contributed by atoms with Gasteiger partial charge >= 0.3 is 0 Å². The standard InChI is InChI=1S/C20H23N5O3/c1-28-15-5-3-14(4-6-15)23-18(26)16-13-17(16)19(27)24-9-11-25(12-10-24)20-21-7-2-8-22-20/h2-8,16-17H,9-13H2,1H3,(H,23,26). The van der Waals surface area contributed by atoms with Crippen molar-refractivity contribution in [1.82, 2.24) is 14.9 Å². The Morgan fingerprint density at radius 2 is 1.71 bits per heavy atom. The number of aromatic nitrogens is 2. The van der Waals surface area contributed by atoms with E-state index in [-0.39, 0.29) is 23.7 Å². The van der Waals surface area contributed by atoms with Crippen molar-refractivity contribution in [2.45, 2.75) is 6.42 Å². The minimum Gasteiger partial charge on any atom is -0.497 e. The van der Waals surface area contributed by atoms with Gasteiger partial charge in [0, 0.05) is 44.3 Å². The summed E-state index contributed by atoms with van der Waals surface area (Å²) in [6.07, 6.45) is 4.05. The Balaban J connectivity index is 1.27. The smallest absolute Gasteiger partial charge is 0.228 e. The van der Waals surface area contributed by atoms with Gasteiger partial charge in [-0.3, -0.25) is 9.59 Å². The third-order valence-corrected chi connectivity index (χ3v) is 5.23. The molecule has 2 aliphatic rings. The molecule has 2 atom stereocenters. The number of hydrogen-bond acceptors (Lipinski definition) is 6. The van der Waals surface area contributed by atoms with Crippen LogP contribution in [0.25, 0.3) is 0 Å². The van der Waals surface area contributed by atoms with Crippen LogP contribution >= 0.6 is 0 Å². The molecule has 0 radical (unpaired) electrons. The third kappa shape index (κ3) is 3.90. The van der Waals surface area contributed by atoms with Crippen molar-refractivity contribution >= 4 is 23.5 Å². The minimum absolute atomic E-state index is 0.0727. The molecule has 28 heavy (non-hydrogen) atoms. The molecule has 8 nitrogen and oxygen atoms in total. The number of piperazine rings is 1. The van der Waals surface area contributed by atoms with Crippen molar-refractivity contribution in [2.75, 3.05) is 43.5 Å². The van der Waals surface area contributed by atoms with Gasteiger partial charge in [-0.25, -0.2) is 9.97 Å². The lowest BCUT2D eigenvalue weighted by Gasteiger charge is -2.34. The second-order valence-corrected chi connectivity index (χ2v) is 7.03. The summed E-state index contributed by atoms with van der Waals surface area (Å²) in [4.78, 5) is 37.6. The predicted molar refractivity (Wildman–Crippen MR) is 104 cm³/mol. The zero-order valence-corrected chi connectivity index (χ0v) is 15.7. The summed E-state index contributed by atoms with van der Waals surface area (Å²) in [5.41, 5.74) is 0.709. The first-order chi connectivity index (χ1) is 13.7. The van der Waals surface area contributed by atoms with Gasteiger partial charge in [0.15, 0.2) is 0 Å². The molecular formula is C20H23N5O3. The molecule has 8 heteroatoms. The number of amides is 2. The molecule has 1 saturated heterocycles. The normalized spacial score (nSPS) is 21.2. The maximum Gasteiger partial charge on any atom is 0.228 e. The average Bonchev–Trinajstić information content (AvgIpc) is 3.56. The van der Waals surface area contributed by atoms with Crippen LogP contribution in [-0.4, -0.2) is 60.0 Å². The largest absolute Gasteiger partial charge is 0.497 e. The van der Waals surface area contributed by atoms with Gasteiger partial charge in [0.1, 0.15) is 5.75 Å². The highest BCUT2D eigenvalue weighted by atomic mass is 16.5. The molecule has 2 unspecified atom stereocenters. The van der Waals surface area contributed by atoms with Crippen LogP contribution in [0.3, 0.4) is 0 Å². The molecule has 1 saturated carbocycles. The Kier molecular flexibility index (Phi) is 5.10. The molecule has 1 aliphatic heterocycles. The quantitative estimate of drug-likeness (QED) is 0.843. The Labute approximate surface area is 163 Å². The van der Waals surface area contributed by atoms with Gasteiger partial charge in [0.25, 0.3) is 0 Å². The summed E-state index contributed by atoms with van der Waals surface area (Å²) < 4.78 is 5.11. The molecule has 146 valence electrons. The Bertz CT molecular complexity index is 835. The van der Waals surface area contributed by atoms with Crippen molar-refractivity contribution in [3.8, 4) is 5.75 Å². The van der Waals surface area contributed by atoms with Gasteiger partial charge in [-0.15, -0.1) is 0 Å². The van der Waals surface area contributed by atoms with Gasteiger partial charge in [0.05, 0.1) is 18.9 Å². The Hall–Kier alpha value is -3.16. The third-order valence-electron chi connectivity index (χ3n) is 5.23. The lowest BCUT2D eigenvalue weighted by molar-refractivity contribution is -0.134. The van der Waals surface area contributed by atoms with Crippen LogP contribution in [0.5, 0.6) is 5.75 Å². The Morgan fingerprint density at radius 1 is 1.04 bits per heavy atom. The van der Waals surface area contributed by atoms with Crippen molar-refractivity contribution in [3.63, 3.8) is 0 Å². The SMILES string of the molecule is COc1ccc(NC(=O)C2CC2C(=O)N2CCN(c3ncccn3)CC2)cc1. The van der Waals surface area contributed by atoms with E-state index in [9.17, 15) is 9.59 Å². The lowest BCUT2D eigenvalue weighted by Crippen LogP contribution is -2.50. The monoisotopic (exact) mass is 381 g/mol. The minimum atomic E-state index is -0.245. The highest BCUT2D eigenvalue weighted by Gasteiger charge is 2.49. The van der Waals surface area contributed by atoms with E-state index < -0.39 is 0 Å². The van der Waals surface area contributed by atoms with Crippen molar-refractivity contribution < 1.29 is 14.3 Å². The molecule has 4 rings (SSSR count). The molecule has 2 aromatic rings. The van der Waals surface area contributed by atoms with Crippen LogP contribution < -0.4 is 15.0 Å². The van der Waals surface area contributed by atoms with Crippen LogP contribution in [0.4, 0.5) is 11.6 Å². The van der Waals surface area contributed by atoms with Gasteiger partial charge in [-0.2, -0.15) is 0 Å². The predicted octanol–water partition coefficient (Wildman–Crippen LogP) is 1.41. The molecule has 2 fully saturated rings. The molecule has 1 aromatic heterocycles. The number of nitrogens with one attached hydrogen (secondary N) is 1. The summed E-state index contributed by atoms with van der Waals surface area (Å²) in [5.74, 6) is 0.946. The first-order valence-electron chi connectivity index (χ1n) is 9.41. The first kappa shape index (κ1) is 18.2. The first-order valence-corrected chi connectivity index (χ1v) is 9.41. The average molecular weight is 381 g/mol. The second-order valence-electron chi connectivity index (χ2n) is 7.03. The summed E-state index contributed by atoms with van der Waals surface area (Å²) in [6, 6.07) is 8.96. The number of nitrogens with zero attached hydrogens (tertiary/aromatic N) is 4. The molecule has 1 aliphatic carbocycles. The maximum absolute atomic E-state index is 12.7. The number of carbonyl (C=O) groups excluding carboxylic acids is 2. The topological polar surface area (TPSA) is 87.7 Å². The summed E-state index contributed by atoms with van der Waals surface area (Å²) in [7, 11) is 1.60. The number of benzene rings is 1. The van der Waals surface area contributed by atoms with E-state index in [0.717, 1.165) is 5.75 Å². The summed E-state index contributed by atoms with van der Waals surface area (Å²) in [5, 5.41) is 2.88. The van der Waals surface area contributed by atoms with E-state index in [1.807, 2.05) is 4.90 Å². The van der Waals surface area contributed by atoms with Crippen LogP contribution in [0.15, 0.2) is 42.7 Å². The Morgan fingerprint density at radius 3 is 2.36 bits per heavy atom. The molecule has 1 N–H and O–H groups in total. The van der Waals surface area contributed by atoms with Gasteiger partial charge in [0.2, 0.25) is 17.8 Å². The van der Waals surface area contributed by atoms with Gasteiger partial charge in [-0.1, -0.05) is 0 Å². The number of rotatable bonds is 5. The molecule has 2 heterocycles. The van der Waals surface area contributed by atoms with Crippen LogP contribution in [0.1, 0.15) is 6.42 Å². The lowest BCUT2D eigenvalue weighted by atomic mass is 10.2. The number of methoxy groups -OCH3 is 1. The van der Waals surface area contributed by atoms with Crippen LogP contribution in [0.2, 0.25) is 0 Å². The van der Waals surface area contributed by atoms with Gasteiger partial charge < -0.3 is 19.9 Å². The fraction of sp³-hybridized carbons (Fsp3) is 0.400. The summed E-state index contributed by atoms with van der Waals surface area (Å²) in [6.45, 7) is 2.65. The maximum atomic E-state index is 12.7. The van der Waals surface area contributed by atoms with Gasteiger partial charge in [-0.05, 0) is 36.8 Å². The zero-order valence-electron chi connectivity index (χ0n) is 15.7. The zero-order chi connectivity index (χ0) is 19.5. The second kappa shape index (κ2) is 7.84. The highest BCUT2D eigenvalue weighted by Crippen LogP contribution is 2.41. The van der Waals surface area contributed by atoms with E-state index in [1.54, 1.807) is 49.8 Å². The fourth-order valence-corrected chi connectivity index (χ4v) is 3.48. The number of carbonyl (C=O) groups is 2. The van der Waals surface area contributed by atoms with Crippen LogP contribution in [0, 0.1) is 11.8 Å². The van der Waals surface area contributed by atoms with Crippen molar-refractivity contribution in [3.05, 3.63) is 42.7 Å². The molecule has 2 amide bonds. The fourth-order valence-electron chi connectivity index (χ4n) is 3.48. The molecule has 1 aromatic carbocycles. The van der Waals surface area contributed by atoms with E-state index in [4.69, 9.17) is 4.74 Å². The van der Waals surface area contributed by atoms with Crippen molar-refractivity contribution in [1.29, 1.82) is 0 Å². The number of hydrogen-bond donors (Lipinski definition) is 1. The molecule has 0 spiro atoms. The van der Waals surface area contributed by atoms with E-state index >= 15 is 0 Å². The van der Waals surface area contributed by atoms with E-state index in [1.165, 1.54) is 0 Å². The van der Waals surface area contributed by atoms with Crippen molar-refractivity contribution in [2.24, 2.45) is 11.8 Å².